The average Bonchev–Trinajstić information content (AvgIpc) is 3.57. The molecule has 9 nitrogen and oxygen atoms in total. The van der Waals surface area contributed by atoms with Gasteiger partial charge in [0.2, 0.25) is 0 Å². The maximum absolute atomic E-state index is 14.7. The number of hydrogen-bond donors (Lipinski definition) is 0. The highest BCUT2D eigenvalue weighted by molar-refractivity contribution is 6.09. The van der Waals surface area contributed by atoms with Gasteiger partial charge in [0.1, 0.15) is 23.9 Å². The predicted molar refractivity (Wildman–Crippen MR) is 151 cm³/mol. The quantitative estimate of drug-likeness (QED) is 0.202. The van der Waals surface area contributed by atoms with E-state index in [0.717, 1.165) is 11.1 Å². The molecule has 5 aliphatic carbocycles. The number of carbonyl (C=O) groups excluding carboxylic acids is 5. The first-order valence-corrected chi connectivity index (χ1v) is 15.2. The van der Waals surface area contributed by atoms with Gasteiger partial charge < -0.3 is 18.9 Å². The summed E-state index contributed by atoms with van der Waals surface area (Å²) in [5.74, 6) is -3.70. The molecule has 0 aromatic carbocycles. The Labute approximate surface area is 250 Å². The van der Waals surface area contributed by atoms with E-state index in [1.54, 1.807) is 6.08 Å². The molecule has 2 saturated heterocycles. The lowest BCUT2D eigenvalue weighted by atomic mass is 9.54. The Bertz CT molecular complexity index is 1530. The molecule has 7 aliphatic rings. The van der Waals surface area contributed by atoms with Crippen molar-refractivity contribution in [2.45, 2.75) is 91.1 Å². The van der Waals surface area contributed by atoms with E-state index >= 15 is 0 Å². The van der Waals surface area contributed by atoms with Gasteiger partial charge >= 0.3 is 23.9 Å². The van der Waals surface area contributed by atoms with Crippen LogP contribution in [0.3, 0.4) is 0 Å². The summed E-state index contributed by atoms with van der Waals surface area (Å²) in [6.45, 7) is 14.5. The molecule has 11 atom stereocenters. The number of carbonyl (C=O) groups is 5. The number of fused-ring (bicyclic) bond motifs is 6. The Morgan fingerprint density at radius 3 is 2.42 bits per heavy atom. The molecule has 8 unspecified atom stereocenters. The second-order valence-electron chi connectivity index (χ2n) is 14.3. The standard InChI is InChI=1S/C34H38O9/c1-15-12-21(37)23-16(2)13-22(40-18(4)35)25-27(24(15)23)42-30(39)34(25)14-33-11-10-31(34,6)28(33)26-20(17(3)29(38)41-26)8-9-32(33,7)43-19(5)36/h10-12,20,22,24-28H,3,8-9,13-14H2,1-2,4-7H3/t20?,22-,24?,25?,26?,27?,28?,31+,32-,33?,34?/m0/s1. The van der Waals surface area contributed by atoms with Gasteiger partial charge in [-0.15, -0.1) is 0 Å². The van der Waals surface area contributed by atoms with E-state index in [0.29, 0.717) is 24.0 Å². The van der Waals surface area contributed by atoms with Crippen molar-refractivity contribution in [2.75, 3.05) is 0 Å². The van der Waals surface area contributed by atoms with E-state index in [1.807, 2.05) is 33.8 Å². The van der Waals surface area contributed by atoms with E-state index in [9.17, 15) is 24.0 Å². The lowest BCUT2D eigenvalue weighted by Gasteiger charge is -2.47. The third-order valence-electron chi connectivity index (χ3n) is 12.4. The summed E-state index contributed by atoms with van der Waals surface area (Å²) in [7, 11) is 0. The highest BCUT2D eigenvalue weighted by atomic mass is 16.6. The predicted octanol–water partition coefficient (Wildman–Crippen LogP) is 4.11. The lowest BCUT2D eigenvalue weighted by Crippen LogP contribution is -2.53. The summed E-state index contributed by atoms with van der Waals surface area (Å²) in [4.78, 5) is 66.1. The molecule has 7 rings (SSSR count). The Hall–Kier alpha value is -3.49. The van der Waals surface area contributed by atoms with E-state index < -0.39 is 81.8 Å². The van der Waals surface area contributed by atoms with Gasteiger partial charge in [0.05, 0.1) is 11.3 Å². The number of ether oxygens (including phenoxy) is 4. The molecule has 2 aliphatic heterocycles. The second kappa shape index (κ2) is 8.57. The minimum Gasteiger partial charge on any atom is -0.462 e. The molecule has 2 bridgehead atoms. The molecule has 0 radical (unpaired) electrons. The van der Waals surface area contributed by atoms with Crippen molar-refractivity contribution in [3.8, 4) is 0 Å². The molecule has 43 heavy (non-hydrogen) atoms. The molecule has 0 amide bonds. The summed E-state index contributed by atoms with van der Waals surface area (Å²) in [5, 5.41) is 0. The molecule has 0 aromatic heterocycles. The van der Waals surface area contributed by atoms with Crippen molar-refractivity contribution in [1.29, 1.82) is 0 Å². The van der Waals surface area contributed by atoms with Gasteiger partial charge in [-0.2, -0.15) is 0 Å². The molecule has 1 spiro atoms. The smallest absolute Gasteiger partial charge is 0.334 e. The zero-order chi connectivity index (χ0) is 31.0. The molecule has 4 fully saturated rings. The Kier molecular flexibility index (Phi) is 5.64. The van der Waals surface area contributed by atoms with Crippen LogP contribution in [-0.4, -0.2) is 53.6 Å². The highest BCUT2D eigenvalue weighted by Gasteiger charge is 2.85. The molecular weight excluding hydrogens is 552 g/mol. The van der Waals surface area contributed by atoms with Crippen molar-refractivity contribution in [3.63, 3.8) is 0 Å². The second-order valence-corrected chi connectivity index (χ2v) is 14.3. The Morgan fingerprint density at radius 1 is 1.02 bits per heavy atom. The normalized spacial score (nSPS) is 47.3. The molecule has 0 aromatic rings. The molecular formula is C34H38O9. The van der Waals surface area contributed by atoms with Crippen LogP contribution in [0.1, 0.15) is 67.2 Å². The van der Waals surface area contributed by atoms with E-state index in [2.05, 4.69) is 12.7 Å². The SMILES string of the molecule is C=C1C(=O)OC2C1CC[C@](C)(OC(C)=O)C13C=C[C@](C)(C21)C1(C3)C(=O)OC2C3C(C)=CC(=O)C3=C(C)C[C@H](OC(C)=O)C21. The third kappa shape index (κ3) is 3.21. The van der Waals surface area contributed by atoms with Crippen LogP contribution in [0.25, 0.3) is 0 Å². The van der Waals surface area contributed by atoms with Crippen LogP contribution in [0.2, 0.25) is 0 Å². The van der Waals surface area contributed by atoms with Gasteiger partial charge in [-0.3, -0.25) is 19.2 Å². The van der Waals surface area contributed by atoms with Crippen molar-refractivity contribution in [3.05, 3.63) is 47.1 Å². The van der Waals surface area contributed by atoms with Crippen LogP contribution in [0.4, 0.5) is 0 Å². The number of hydrogen-bond acceptors (Lipinski definition) is 9. The summed E-state index contributed by atoms with van der Waals surface area (Å²) >= 11 is 0. The van der Waals surface area contributed by atoms with Crippen molar-refractivity contribution < 1.29 is 42.9 Å². The summed E-state index contributed by atoms with van der Waals surface area (Å²) in [6.07, 6.45) is 5.17. The Balaban J connectivity index is 1.46. The molecule has 9 heteroatoms. The number of esters is 4. The fraction of sp³-hybridized carbons (Fsp3) is 0.618. The first-order chi connectivity index (χ1) is 20.1. The summed E-state index contributed by atoms with van der Waals surface area (Å²) in [6, 6.07) is 0. The van der Waals surface area contributed by atoms with Crippen LogP contribution in [0.15, 0.2) is 47.1 Å². The van der Waals surface area contributed by atoms with Crippen LogP contribution >= 0.6 is 0 Å². The minimum absolute atomic E-state index is 0.108. The minimum atomic E-state index is -1.22. The first-order valence-electron chi connectivity index (χ1n) is 15.2. The van der Waals surface area contributed by atoms with E-state index in [1.165, 1.54) is 13.8 Å². The lowest BCUT2D eigenvalue weighted by molar-refractivity contribution is -0.176. The van der Waals surface area contributed by atoms with E-state index in [4.69, 9.17) is 18.9 Å². The zero-order valence-electron chi connectivity index (χ0n) is 25.5. The first kappa shape index (κ1) is 28.3. The van der Waals surface area contributed by atoms with Gasteiger partial charge in [-0.25, -0.2) is 4.79 Å². The van der Waals surface area contributed by atoms with Gasteiger partial charge in [0.15, 0.2) is 5.78 Å². The maximum atomic E-state index is 14.7. The summed E-state index contributed by atoms with van der Waals surface area (Å²) < 4.78 is 24.8. The molecule has 2 saturated carbocycles. The Morgan fingerprint density at radius 2 is 1.74 bits per heavy atom. The summed E-state index contributed by atoms with van der Waals surface area (Å²) in [5.41, 5.74) is -1.45. The number of allylic oxidation sites excluding steroid dienone is 2. The third-order valence-corrected chi connectivity index (χ3v) is 12.4. The largest absolute Gasteiger partial charge is 0.462 e. The zero-order valence-corrected chi connectivity index (χ0v) is 25.5. The fourth-order valence-electron chi connectivity index (χ4n) is 10.8. The van der Waals surface area contributed by atoms with Gasteiger partial charge in [0, 0.05) is 60.0 Å². The average molecular weight is 591 g/mol. The van der Waals surface area contributed by atoms with Crippen molar-refractivity contribution in [2.24, 2.45) is 39.9 Å². The van der Waals surface area contributed by atoms with E-state index in [-0.39, 0.29) is 24.5 Å². The molecule has 2 heterocycles. The number of rotatable bonds is 2. The van der Waals surface area contributed by atoms with Gasteiger partial charge in [-0.1, -0.05) is 36.8 Å². The maximum Gasteiger partial charge on any atom is 0.334 e. The molecule has 228 valence electrons. The number of ketones is 1. The van der Waals surface area contributed by atoms with Crippen LogP contribution < -0.4 is 0 Å². The van der Waals surface area contributed by atoms with Gasteiger partial charge in [-0.05, 0) is 46.1 Å². The topological polar surface area (TPSA) is 122 Å². The highest BCUT2D eigenvalue weighted by Crippen LogP contribution is 2.80. The van der Waals surface area contributed by atoms with Crippen LogP contribution in [0, 0.1) is 39.9 Å². The van der Waals surface area contributed by atoms with Crippen LogP contribution in [0.5, 0.6) is 0 Å². The monoisotopic (exact) mass is 590 g/mol. The fourth-order valence-corrected chi connectivity index (χ4v) is 10.8. The molecule has 0 N–H and O–H groups in total. The van der Waals surface area contributed by atoms with Crippen LogP contribution in [-0.2, 0) is 42.9 Å². The van der Waals surface area contributed by atoms with Gasteiger partial charge in [0.25, 0.3) is 0 Å². The van der Waals surface area contributed by atoms with Crippen molar-refractivity contribution >= 4 is 29.7 Å². The van der Waals surface area contributed by atoms with Crippen molar-refractivity contribution in [1.82, 2.24) is 0 Å².